The third-order valence-corrected chi connectivity index (χ3v) is 15.5. The number of hydrogen-bond donors (Lipinski definition) is 0. The van der Waals surface area contributed by atoms with E-state index in [9.17, 15) is 0 Å². The molecule has 0 bridgehead atoms. The number of benzene rings is 10. The average Bonchev–Trinajstić information content (AvgIpc) is 3.90. The van der Waals surface area contributed by atoms with Crippen LogP contribution in [-0.4, -0.2) is 4.57 Å². The Morgan fingerprint density at radius 3 is 1.75 bits per heavy atom. The van der Waals surface area contributed by atoms with Gasteiger partial charge >= 0.3 is 0 Å². The van der Waals surface area contributed by atoms with Crippen molar-refractivity contribution in [2.75, 3.05) is 4.90 Å². The molecule has 2 nitrogen and oxygen atoms in total. The summed E-state index contributed by atoms with van der Waals surface area (Å²) in [4.78, 5) is 2.62. The molecule has 0 aliphatic heterocycles. The molecule has 2 aliphatic carbocycles. The van der Waals surface area contributed by atoms with Crippen LogP contribution in [0.25, 0.3) is 71.6 Å². The molecule has 0 radical (unpaired) electrons. The van der Waals surface area contributed by atoms with Gasteiger partial charge in [-0.2, -0.15) is 0 Å². The number of fused-ring (bicyclic) bond motifs is 7. The van der Waals surface area contributed by atoms with E-state index in [0.29, 0.717) is 5.92 Å². The Morgan fingerprint density at radius 1 is 0.426 bits per heavy atom. The van der Waals surface area contributed by atoms with Gasteiger partial charge < -0.3 is 9.47 Å². The number of hydrogen-bond acceptors (Lipinski definition) is 1. The maximum Gasteiger partial charge on any atom is 0.0620 e. The summed E-state index contributed by atoms with van der Waals surface area (Å²) in [6.45, 7) is 2.43. The highest BCUT2D eigenvalue weighted by molar-refractivity contribution is 6.15. The van der Waals surface area contributed by atoms with Gasteiger partial charge in [0.2, 0.25) is 0 Å². The van der Waals surface area contributed by atoms with Crippen molar-refractivity contribution in [2.24, 2.45) is 0 Å². The van der Waals surface area contributed by atoms with Crippen molar-refractivity contribution < 1.29 is 0 Å². The maximum absolute atomic E-state index is 2.62. The van der Waals surface area contributed by atoms with Crippen molar-refractivity contribution in [1.82, 2.24) is 4.57 Å². The summed E-state index contributed by atoms with van der Waals surface area (Å²) in [6, 6.07) is 86.3. The standard InChI is InChI=1S/C66H52N2/c1-66(47-27-7-3-8-28-47)57-39-15-11-34-56(57)64-58(66)40-22-44-62(64)68(60-42-17-12-31-50(60)53-36-20-26-46-25-19-35-49(63(46)53)45-23-5-2-6-24-45)61-43-18-14-33-52(61)55-38-21-37-54-51-32-13-16-41-59(51)67(65(54)55)48-29-9-4-10-30-48/h3-4,7-22,25-45H,2,5-6,23-24H2,1H3. The van der Waals surface area contributed by atoms with E-state index in [0.717, 1.165) is 22.7 Å². The lowest BCUT2D eigenvalue weighted by Crippen LogP contribution is -2.22. The van der Waals surface area contributed by atoms with Crippen LogP contribution in [0.3, 0.4) is 0 Å². The van der Waals surface area contributed by atoms with Gasteiger partial charge in [0.05, 0.1) is 28.1 Å². The lowest BCUT2D eigenvalue weighted by molar-refractivity contribution is 0.445. The number of rotatable bonds is 8. The molecule has 1 unspecified atom stereocenters. The summed E-state index contributed by atoms with van der Waals surface area (Å²) in [7, 11) is 0. The SMILES string of the molecule is CC1(c2ccccc2)c2ccccc2-c2c(N(c3ccccc3-c3cccc4cccc(C5CCCCC5)c34)c3ccccc3-c3cccc4c5ccccc5n(-c5ccccc5)c34)cccc21. The summed E-state index contributed by atoms with van der Waals surface area (Å²) in [5, 5.41) is 5.18. The predicted molar refractivity (Wildman–Crippen MR) is 287 cm³/mol. The quantitative estimate of drug-likeness (QED) is 0.148. The van der Waals surface area contributed by atoms with Crippen molar-refractivity contribution >= 4 is 49.6 Å². The molecule has 0 amide bonds. The minimum Gasteiger partial charge on any atom is -0.309 e. The van der Waals surface area contributed by atoms with Crippen LogP contribution in [0, 0.1) is 0 Å². The highest BCUT2D eigenvalue weighted by atomic mass is 15.2. The number of para-hydroxylation sites is 5. The topological polar surface area (TPSA) is 8.17 Å². The van der Waals surface area contributed by atoms with Crippen molar-refractivity contribution in [3.05, 3.63) is 253 Å². The summed E-state index contributed by atoms with van der Waals surface area (Å²) in [5.41, 5.74) is 19.5. The first-order chi connectivity index (χ1) is 33.7. The van der Waals surface area contributed by atoms with Gasteiger partial charge in [0.15, 0.2) is 0 Å². The van der Waals surface area contributed by atoms with Gasteiger partial charge in [-0.3, -0.25) is 0 Å². The molecule has 0 saturated heterocycles. The maximum atomic E-state index is 2.62. The van der Waals surface area contributed by atoms with Crippen molar-refractivity contribution in [3.63, 3.8) is 0 Å². The molecular formula is C66H52N2. The van der Waals surface area contributed by atoms with Gasteiger partial charge in [-0.25, -0.2) is 0 Å². The minimum absolute atomic E-state index is 0.360. The lowest BCUT2D eigenvalue weighted by Gasteiger charge is -2.33. The normalized spacial score (nSPS) is 15.7. The fourth-order valence-electron chi connectivity index (χ4n) is 12.4. The number of nitrogens with zero attached hydrogens (tertiary/aromatic N) is 2. The first kappa shape index (κ1) is 40.3. The zero-order chi connectivity index (χ0) is 45.2. The second kappa shape index (κ2) is 16.4. The predicted octanol–water partition coefficient (Wildman–Crippen LogP) is 18.1. The number of anilines is 3. The summed E-state index contributed by atoms with van der Waals surface area (Å²) in [5.74, 6) is 0.555. The smallest absolute Gasteiger partial charge is 0.0620 e. The molecule has 2 heteroatoms. The van der Waals surface area contributed by atoms with Crippen molar-refractivity contribution in [2.45, 2.75) is 50.4 Å². The first-order valence-electron chi connectivity index (χ1n) is 24.6. The fraction of sp³-hybridized carbons (Fsp3) is 0.121. The van der Waals surface area contributed by atoms with Crippen molar-refractivity contribution in [3.8, 4) is 39.1 Å². The number of aromatic nitrogens is 1. The summed E-state index contributed by atoms with van der Waals surface area (Å²) in [6.07, 6.45) is 6.41. The van der Waals surface area contributed by atoms with E-state index in [2.05, 4.69) is 247 Å². The molecule has 1 saturated carbocycles. The Hall–Kier alpha value is -7.94. The van der Waals surface area contributed by atoms with Gasteiger partial charge in [-0.05, 0) is 106 Å². The molecule has 10 aromatic carbocycles. The van der Waals surface area contributed by atoms with E-state index in [-0.39, 0.29) is 5.41 Å². The molecule has 1 atom stereocenters. The van der Waals surface area contributed by atoms with Crippen LogP contribution < -0.4 is 4.90 Å². The van der Waals surface area contributed by atoms with Crippen LogP contribution in [0.2, 0.25) is 0 Å². The Bertz CT molecular complexity index is 3680. The largest absolute Gasteiger partial charge is 0.309 e. The van der Waals surface area contributed by atoms with Crippen molar-refractivity contribution in [1.29, 1.82) is 0 Å². The van der Waals surface area contributed by atoms with Crippen LogP contribution in [0.15, 0.2) is 231 Å². The molecule has 0 spiro atoms. The van der Waals surface area contributed by atoms with E-state index in [4.69, 9.17) is 0 Å². The third kappa shape index (κ3) is 6.24. The lowest BCUT2D eigenvalue weighted by atomic mass is 9.74. The monoisotopic (exact) mass is 872 g/mol. The molecule has 11 aromatic rings. The van der Waals surface area contributed by atoms with Crippen LogP contribution >= 0.6 is 0 Å². The summed E-state index contributed by atoms with van der Waals surface area (Å²) >= 11 is 0. The fourth-order valence-corrected chi connectivity index (χ4v) is 12.4. The molecule has 1 aromatic heterocycles. The molecule has 0 N–H and O–H groups in total. The highest BCUT2D eigenvalue weighted by Gasteiger charge is 2.43. The van der Waals surface area contributed by atoms with Crippen LogP contribution in [-0.2, 0) is 5.41 Å². The van der Waals surface area contributed by atoms with Gasteiger partial charge in [0, 0.05) is 44.1 Å². The molecule has 326 valence electrons. The second-order valence-electron chi connectivity index (χ2n) is 19.1. The van der Waals surface area contributed by atoms with Crippen LogP contribution in [0.1, 0.15) is 67.2 Å². The Morgan fingerprint density at radius 2 is 0.971 bits per heavy atom. The molecule has 68 heavy (non-hydrogen) atoms. The molecule has 1 fully saturated rings. The second-order valence-corrected chi connectivity index (χ2v) is 19.1. The molecular weight excluding hydrogens is 821 g/mol. The zero-order valence-corrected chi connectivity index (χ0v) is 38.4. The van der Waals surface area contributed by atoms with E-state index in [1.807, 2.05) is 0 Å². The Kier molecular flexibility index (Phi) is 9.75. The van der Waals surface area contributed by atoms with Gasteiger partial charge in [0.1, 0.15) is 0 Å². The zero-order valence-electron chi connectivity index (χ0n) is 38.4. The third-order valence-electron chi connectivity index (χ3n) is 15.5. The molecule has 2 aliphatic rings. The van der Waals surface area contributed by atoms with E-state index < -0.39 is 0 Å². The summed E-state index contributed by atoms with van der Waals surface area (Å²) < 4.78 is 2.47. The first-order valence-corrected chi connectivity index (χ1v) is 24.6. The van der Waals surface area contributed by atoms with Crippen LogP contribution in [0.4, 0.5) is 17.1 Å². The molecule has 1 heterocycles. The van der Waals surface area contributed by atoms with Gasteiger partial charge in [0.25, 0.3) is 0 Å². The Labute approximate surface area is 399 Å². The average molecular weight is 873 g/mol. The van der Waals surface area contributed by atoms with E-state index in [1.54, 1.807) is 0 Å². The van der Waals surface area contributed by atoms with E-state index >= 15 is 0 Å². The Balaban J connectivity index is 1.13. The van der Waals surface area contributed by atoms with Crippen LogP contribution in [0.5, 0.6) is 0 Å². The van der Waals surface area contributed by atoms with Gasteiger partial charge in [-0.1, -0.05) is 213 Å². The minimum atomic E-state index is -0.360. The molecule has 13 rings (SSSR count). The van der Waals surface area contributed by atoms with Gasteiger partial charge in [-0.15, -0.1) is 0 Å². The van der Waals surface area contributed by atoms with E-state index in [1.165, 1.54) is 120 Å². The highest BCUT2D eigenvalue weighted by Crippen LogP contribution is 2.58.